The van der Waals surface area contributed by atoms with E-state index in [9.17, 15) is 9.59 Å². The number of amides is 2. The maximum Gasteiger partial charge on any atom is 0.239 e. The molecule has 6 nitrogen and oxygen atoms in total. The number of aliphatic hydroxyl groups excluding tert-OH is 1. The molecule has 6 heteroatoms. The molecule has 3 rings (SSSR count). The molecule has 0 aromatic heterocycles. The summed E-state index contributed by atoms with van der Waals surface area (Å²) in [5, 5.41) is 9.04. The third-order valence-electron chi connectivity index (χ3n) is 6.09. The van der Waals surface area contributed by atoms with Crippen LogP contribution in [-0.4, -0.2) is 65.5 Å². The van der Waals surface area contributed by atoms with Gasteiger partial charge >= 0.3 is 0 Å². The number of rotatable bonds is 6. The highest BCUT2D eigenvalue weighted by molar-refractivity contribution is 5.82. The molecule has 0 unspecified atom stereocenters. The van der Waals surface area contributed by atoms with Gasteiger partial charge in [0, 0.05) is 39.2 Å². The maximum absolute atomic E-state index is 12.7. The van der Waals surface area contributed by atoms with Crippen LogP contribution in [0.15, 0.2) is 30.3 Å². The Bertz CT molecular complexity index is 641. The average Bonchev–Trinajstić information content (AvgIpc) is 2.70. The summed E-state index contributed by atoms with van der Waals surface area (Å²) in [6, 6.07) is 9.38. The van der Waals surface area contributed by atoms with Gasteiger partial charge in [0.2, 0.25) is 11.8 Å². The van der Waals surface area contributed by atoms with Crippen molar-refractivity contribution in [1.29, 1.82) is 0 Å². The number of carbonyl (C=O) groups is 2. The van der Waals surface area contributed by atoms with Gasteiger partial charge in [-0.3, -0.25) is 9.59 Å². The molecule has 2 heterocycles. The van der Waals surface area contributed by atoms with Crippen LogP contribution in [0.4, 0.5) is 0 Å². The highest BCUT2D eigenvalue weighted by atomic mass is 16.3. The predicted molar refractivity (Wildman–Crippen MR) is 104 cm³/mol. The molecule has 1 aromatic rings. The summed E-state index contributed by atoms with van der Waals surface area (Å²) in [4.78, 5) is 28.7. The van der Waals surface area contributed by atoms with E-state index in [2.05, 4.69) is 0 Å². The fraction of sp³-hybridized carbons (Fsp3) is 0.619. The molecule has 1 aromatic carbocycles. The molecule has 148 valence electrons. The van der Waals surface area contributed by atoms with E-state index in [1.165, 1.54) is 0 Å². The Balaban J connectivity index is 1.53. The minimum absolute atomic E-state index is 0.0257. The first-order valence-corrected chi connectivity index (χ1v) is 10.00. The molecule has 0 radical (unpaired) electrons. The summed E-state index contributed by atoms with van der Waals surface area (Å²) in [7, 11) is 0. The molecule has 3 N–H and O–H groups in total. The van der Waals surface area contributed by atoms with Crippen LogP contribution in [0.3, 0.4) is 0 Å². The van der Waals surface area contributed by atoms with E-state index in [4.69, 9.17) is 10.8 Å². The number of piperidine rings is 2. The summed E-state index contributed by atoms with van der Waals surface area (Å²) in [6.07, 6.45) is 4.50. The van der Waals surface area contributed by atoms with Crippen molar-refractivity contribution in [2.75, 3.05) is 32.8 Å². The number of aliphatic hydroxyl groups is 1. The molecule has 0 aliphatic carbocycles. The van der Waals surface area contributed by atoms with Gasteiger partial charge < -0.3 is 20.6 Å². The second kappa shape index (κ2) is 8.85. The monoisotopic (exact) mass is 373 g/mol. The van der Waals surface area contributed by atoms with Crippen LogP contribution in [0, 0.1) is 5.41 Å². The quantitative estimate of drug-likeness (QED) is 0.784. The van der Waals surface area contributed by atoms with Crippen molar-refractivity contribution in [2.45, 2.75) is 44.6 Å². The van der Waals surface area contributed by atoms with Crippen molar-refractivity contribution in [1.82, 2.24) is 9.80 Å². The van der Waals surface area contributed by atoms with Gasteiger partial charge in [0.05, 0.1) is 6.04 Å². The van der Waals surface area contributed by atoms with Crippen molar-refractivity contribution in [3.63, 3.8) is 0 Å². The molecule has 1 spiro atoms. The summed E-state index contributed by atoms with van der Waals surface area (Å²) in [6.45, 7) is 2.91. The van der Waals surface area contributed by atoms with Gasteiger partial charge in [-0.25, -0.2) is 0 Å². The van der Waals surface area contributed by atoms with Crippen molar-refractivity contribution >= 4 is 11.8 Å². The van der Waals surface area contributed by atoms with E-state index < -0.39 is 6.04 Å². The molecule has 2 fully saturated rings. The van der Waals surface area contributed by atoms with Gasteiger partial charge in [-0.2, -0.15) is 0 Å². The molecule has 2 saturated heterocycles. The number of nitrogens with zero attached hydrogens (tertiary/aromatic N) is 2. The molecule has 2 aliphatic heterocycles. The molecule has 27 heavy (non-hydrogen) atoms. The molecule has 0 saturated carbocycles. The lowest BCUT2D eigenvalue weighted by Gasteiger charge is -2.47. The van der Waals surface area contributed by atoms with Gasteiger partial charge in [-0.05, 0) is 43.1 Å². The highest BCUT2D eigenvalue weighted by Gasteiger charge is 2.41. The zero-order valence-corrected chi connectivity index (χ0v) is 16.0. The first-order valence-electron chi connectivity index (χ1n) is 10.00. The molecule has 2 amide bonds. The van der Waals surface area contributed by atoms with Crippen LogP contribution in [0.1, 0.15) is 37.7 Å². The summed E-state index contributed by atoms with van der Waals surface area (Å²) >= 11 is 0. The lowest BCUT2D eigenvalue weighted by molar-refractivity contribution is -0.143. The van der Waals surface area contributed by atoms with Crippen LogP contribution in [-0.2, 0) is 16.0 Å². The van der Waals surface area contributed by atoms with Crippen molar-refractivity contribution in [2.24, 2.45) is 11.1 Å². The SMILES string of the molecule is N[C@H](Cc1ccccc1)C(=O)N1CCC2(CCC(=O)N(CCCO)C2)CC1. The van der Waals surface area contributed by atoms with E-state index in [0.29, 0.717) is 38.9 Å². The van der Waals surface area contributed by atoms with Gasteiger partial charge in [-0.15, -0.1) is 0 Å². The third-order valence-corrected chi connectivity index (χ3v) is 6.09. The fourth-order valence-electron chi connectivity index (χ4n) is 4.37. The lowest BCUT2D eigenvalue weighted by atomic mass is 9.72. The fourth-order valence-corrected chi connectivity index (χ4v) is 4.37. The van der Waals surface area contributed by atoms with Crippen molar-refractivity contribution in [3.8, 4) is 0 Å². The van der Waals surface area contributed by atoms with Gasteiger partial charge in [0.25, 0.3) is 0 Å². The molecular weight excluding hydrogens is 342 g/mol. The summed E-state index contributed by atoms with van der Waals surface area (Å²) in [5.41, 5.74) is 7.37. The van der Waals surface area contributed by atoms with Crippen molar-refractivity contribution in [3.05, 3.63) is 35.9 Å². The second-order valence-electron chi connectivity index (χ2n) is 8.01. The van der Waals surface area contributed by atoms with E-state index in [1.54, 1.807) is 0 Å². The first-order chi connectivity index (χ1) is 13.0. The Morgan fingerprint density at radius 3 is 2.56 bits per heavy atom. The number of hydrogen-bond acceptors (Lipinski definition) is 4. The van der Waals surface area contributed by atoms with Crippen LogP contribution < -0.4 is 5.73 Å². The number of benzene rings is 1. The van der Waals surface area contributed by atoms with Crippen LogP contribution in [0.5, 0.6) is 0 Å². The van der Waals surface area contributed by atoms with E-state index in [0.717, 1.165) is 31.4 Å². The second-order valence-corrected chi connectivity index (χ2v) is 8.01. The van der Waals surface area contributed by atoms with Crippen molar-refractivity contribution < 1.29 is 14.7 Å². The smallest absolute Gasteiger partial charge is 0.239 e. The summed E-state index contributed by atoms with van der Waals surface area (Å²) in [5.74, 6) is 0.218. The largest absolute Gasteiger partial charge is 0.396 e. The van der Waals surface area contributed by atoms with E-state index in [-0.39, 0.29) is 23.8 Å². The lowest BCUT2D eigenvalue weighted by Crippen LogP contribution is -2.54. The predicted octanol–water partition coefficient (Wildman–Crippen LogP) is 1.17. The average molecular weight is 373 g/mol. The van der Waals surface area contributed by atoms with Gasteiger partial charge in [0.1, 0.15) is 0 Å². The number of hydrogen-bond donors (Lipinski definition) is 2. The number of carbonyl (C=O) groups excluding carboxylic acids is 2. The third kappa shape index (κ3) is 4.87. The van der Waals surface area contributed by atoms with Crippen LogP contribution >= 0.6 is 0 Å². The Morgan fingerprint density at radius 1 is 1.19 bits per heavy atom. The standard InChI is InChI=1S/C21H31N3O3/c22-18(15-17-5-2-1-3-6-17)20(27)23-12-9-21(10-13-23)8-7-19(26)24(16-21)11-4-14-25/h1-3,5-6,18,25H,4,7-16,22H2/t18-/m1/s1. The molecule has 0 bridgehead atoms. The molecule has 1 atom stereocenters. The zero-order valence-electron chi connectivity index (χ0n) is 16.0. The maximum atomic E-state index is 12.7. The topological polar surface area (TPSA) is 86.9 Å². The van der Waals surface area contributed by atoms with Gasteiger partial charge in [0.15, 0.2) is 0 Å². The van der Waals surface area contributed by atoms with E-state index in [1.807, 2.05) is 40.1 Å². The van der Waals surface area contributed by atoms with Crippen LogP contribution in [0.25, 0.3) is 0 Å². The number of nitrogens with two attached hydrogens (primary N) is 1. The minimum Gasteiger partial charge on any atom is -0.396 e. The normalized spacial score (nSPS) is 20.7. The Hall–Kier alpha value is -1.92. The highest BCUT2D eigenvalue weighted by Crippen LogP contribution is 2.40. The Labute approximate surface area is 161 Å². The number of likely N-dealkylation sites (tertiary alicyclic amines) is 2. The molecule has 2 aliphatic rings. The zero-order chi connectivity index (χ0) is 19.3. The summed E-state index contributed by atoms with van der Waals surface area (Å²) < 4.78 is 0. The Kier molecular flexibility index (Phi) is 6.50. The van der Waals surface area contributed by atoms with E-state index >= 15 is 0 Å². The Morgan fingerprint density at radius 2 is 1.89 bits per heavy atom. The van der Waals surface area contributed by atoms with Gasteiger partial charge in [-0.1, -0.05) is 30.3 Å². The molecular formula is C21H31N3O3. The minimum atomic E-state index is -0.504. The van der Waals surface area contributed by atoms with Crippen LogP contribution in [0.2, 0.25) is 0 Å². The first kappa shape index (κ1) is 19.8.